The largest absolute Gasteiger partial charge is 0.310 e. The van der Waals surface area contributed by atoms with Crippen LogP contribution >= 0.6 is 0 Å². The van der Waals surface area contributed by atoms with E-state index in [1.54, 1.807) is 0 Å². The highest BCUT2D eigenvalue weighted by atomic mass is 15.0. The number of rotatable bonds is 4. The Kier molecular flexibility index (Phi) is 2.20. The summed E-state index contributed by atoms with van der Waals surface area (Å²) in [4.78, 5) is 8.88. The number of hydrogen-bond acceptors (Lipinski definition) is 3. The van der Waals surface area contributed by atoms with Crippen LogP contribution in [0.25, 0.3) is 0 Å². The van der Waals surface area contributed by atoms with E-state index >= 15 is 0 Å². The lowest BCUT2D eigenvalue weighted by Crippen LogP contribution is -2.15. The predicted molar refractivity (Wildman–Crippen MR) is 58.4 cm³/mol. The number of nitrogens with zero attached hydrogens (tertiary/aromatic N) is 2. The molecule has 3 nitrogen and oxygen atoms in total. The first-order valence-electron chi connectivity index (χ1n) is 5.87. The monoisotopic (exact) mass is 203 g/mol. The molecule has 0 spiro atoms. The molecule has 0 radical (unpaired) electrons. The fraction of sp³-hybridized carbons (Fsp3) is 0.667. The van der Waals surface area contributed by atoms with Gasteiger partial charge in [0.25, 0.3) is 0 Å². The number of aromatic nitrogens is 2. The van der Waals surface area contributed by atoms with Crippen molar-refractivity contribution in [3.63, 3.8) is 0 Å². The second-order valence-electron chi connectivity index (χ2n) is 4.92. The molecule has 1 aromatic heterocycles. The van der Waals surface area contributed by atoms with Gasteiger partial charge in [-0.25, -0.2) is 9.97 Å². The summed E-state index contributed by atoms with van der Waals surface area (Å²) in [5.41, 5.74) is 1.21. The van der Waals surface area contributed by atoms with Crippen molar-refractivity contribution in [2.45, 2.75) is 44.7 Å². The molecule has 0 amide bonds. The van der Waals surface area contributed by atoms with Crippen LogP contribution in [0.4, 0.5) is 0 Å². The first kappa shape index (κ1) is 9.28. The van der Waals surface area contributed by atoms with Gasteiger partial charge in [0.15, 0.2) is 0 Å². The summed E-state index contributed by atoms with van der Waals surface area (Å²) in [6.45, 7) is 3.18. The molecule has 80 valence electrons. The Morgan fingerprint density at radius 2 is 2.00 bits per heavy atom. The highest BCUT2D eigenvalue weighted by molar-refractivity contribution is 5.12. The maximum atomic E-state index is 4.44. The van der Waals surface area contributed by atoms with Crippen molar-refractivity contribution in [1.29, 1.82) is 0 Å². The van der Waals surface area contributed by atoms with E-state index in [0.717, 1.165) is 24.3 Å². The van der Waals surface area contributed by atoms with Crippen LogP contribution < -0.4 is 5.32 Å². The van der Waals surface area contributed by atoms with Crippen LogP contribution in [0.2, 0.25) is 0 Å². The summed E-state index contributed by atoms with van der Waals surface area (Å²) >= 11 is 0. The van der Waals surface area contributed by atoms with Gasteiger partial charge in [-0.2, -0.15) is 0 Å². The van der Waals surface area contributed by atoms with Gasteiger partial charge in [-0.3, -0.25) is 0 Å². The highest BCUT2D eigenvalue weighted by Crippen LogP contribution is 2.45. The molecule has 2 aliphatic carbocycles. The lowest BCUT2D eigenvalue weighted by atomic mass is 10.3. The molecular weight excluding hydrogens is 186 g/mol. The zero-order valence-corrected chi connectivity index (χ0v) is 9.11. The Morgan fingerprint density at radius 1 is 1.33 bits per heavy atom. The molecule has 2 fully saturated rings. The van der Waals surface area contributed by atoms with E-state index in [1.807, 2.05) is 12.4 Å². The summed E-state index contributed by atoms with van der Waals surface area (Å²) in [5, 5.41) is 3.47. The van der Waals surface area contributed by atoms with Crippen LogP contribution in [0, 0.1) is 5.92 Å². The molecule has 0 aliphatic heterocycles. The highest BCUT2D eigenvalue weighted by Gasteiger charge is 2.36. The molecule has 1 aromatic rings. The summed E-state index contributed by atoms with van der Waals surface area (Å²) < 4.78 is 0. The lowest BCUT2D eigenvalue weighted by Gasteiger charge is -2.03. The Labute approximate surface area is 90.3 Å². The molecule has 2 unspecified atom stereocenters. The van der Waals surface area contributed by atoms with Crippen molar-refractivity contribution in [3.05, 3.63) is 23.8 Å². The molecule has 0 bridgehead atoms. The summed E-state index contributed by atoms with van der Waals surface area (Å²) in [7, 11) is 0. The first-order chi connectivity index (χ1) is 7.33. The van der Waals surface area contributed by atoms with Crippen molar-refractivity contribution in [2.75, 3.05) is 0 Å². The van der Waals surface area contributed by atoms with E-state index in [0.29, 0.717) is 5.92 Å². The zero-order chi connectivity index (χ0) is 10.3. The summed E-state index contributed by atoms with van der Waals surface area (Å²) in [6, 6.07) is 0.758. The molecule has 1 heterocycles. The standard InChI is InChI=1S/C12H17N3/c1-8-4-11(8)12-14-6-9(7-15-12)5-13-10-2-3-10/h6-8,10-11,13H,2-5H2,1H3. The summed E-state index contributed by atoms with van der Waals surface area (Å²) in [6.07, 6.45) is 7.88. The van der Waals surface area contributed by atoms with Crippen molar-refractivity contribution in [1.82, 2.24) is 15.3 Å². The average Bonchev–Trinajstić information content (AvgIpc) is 3.13. The second kappa shape index (κ2) is 3.56. The number of nitrogens with one attached hydrogen (secondary N) is 1. The molecule has 3 heteroatoms. The predicted octanol–water partition coefficient (Wildman–Crippen LogP) is 1.85. The quantitative estimate of drug-likeness (QED) is 0.811. The van der Waals surface area contributed by atoms with Crippen LogP contribution in [-0.2, 0) is 6.54 Å². The SMILES string of the molecule is CC1CC1c1ncc(CNC2CC2)cn1. The fourth-order valence-corrected chi connectivity index (χ4v) is 1.88. The molecule has 15 heavy (non-hydrogen) atoms. The third-order valence-corrected chi connectivity index (χ3v) is 3.34. The van der Waals surface area contributed by atoms with Gasteiger partial charge in [0.1, 0.15) is 5.82 Å². The Morgan fingerprint density at radius 3 is 2.53 bits per heavy atom. The van der Waals surface area contributed by atoms with Crippen LogP contribution in [0.3, 0.4) is 0 Å². The van der Waals surface area contributed by atoms with Crippen LogP contribution in [0.1, 0.15) is 43.5 Å². The Hall–Kier alpha value is -0.960. The molecule has 2 aliphatic rings. The lowest BCUT2D eigenvalue weighted by molar-refractivity contribution is 0.680. The molecule has 2 atom stereocenters. The van der Waals surface area contributed by atoms with E-state index in [4.69, 9.17) is 0 Å². The molecule has 3 rings (SSSR count). The molecule has 1 N–H and O–H groups in total. The van der Waals surface area contributed by atoms with Gasteiger partial charge >= 0.3 is 0 Å². The fourth-order valence-electron chi connectivity index (χ4n) is 1.88. The maximum Gasteiger partial charge on any atom is 0.131 e. The molecular formula is C12H17N3. The van der Waals surface area contributed by atoms with Crippen molar-refractivity contribution >= 4 is 0 Å². The first-order valence-corrected chi connectivity index (χ1v) is 5.87. The van der Waals surface area contributed by atoms with Crippen LogP contribution in [0.5, 0.6) is 0 Å². The smallest absolute Gasteiger partial charge is 0.131 e. The minimum absolute atomic E-state index is 0.635. The van der Waals surface area contributed by atoms with E-state index < -0.39 is 0 Å². The van der Waals surface area contributed by atoms with Gasteiger partial charge in [0.2, 0.25) is 0 Å². The van der Waals surface area contributed by atoms with Gasteiger partial charge in [-0.05, 0) is 25.2 Å². The zero-order valence-electron chi connectivity index (χ0n) is 9.11. The van der Waals surface area contributed by atoms with Gasteiger partial charge in [0, 0.05) is 36.5 Å². The second-order valence-corrected chi connectivity index (χ2v) is 4.92. The molecule has 0 saturated heterocycles. The topological polar surface area (TPSA) is 37.8 Å². The van der Waals surface area contributed by atoms with E-state index in [1.165, 1.54) is 24.8 Å². The van der Waals surface area contributed by atoms with E-state index in [9.17, 15) is 0 Å². The third-order valence-electron chi connectivity index (χ3n) is 3.34. The Balaban J connectivity index is 1.59. The van der Waals surface area contributed by atoms with Gasteiger partial charge in [0.05, 0.1) is 0 Å². The van der Waals surface area contributed by atoms with E-state index in [-0.39, 0.29) is 0 Å². The normalized spacial score (nSPS) is 29.1. The van der Waals surface area contributed by atoms with Gasteiger partial charge in [-0.15, -0.1) is 0 Å². The Bertz CT molecular complexity index is 342. The van der Waals surface area contributed by atoms with Crippen LogP contribution in [-0.4, -0.2) is 16.0 Å². The molecule has 0 aromatic carbocycles. The van der Waals surface area contributed by atoms with Crippen molar-refractivity contribution in [2.24, 2.45) is 5.92 Å². The minimum Gasteiger partial charge on any atom is -0.310 e. The maximum absolute atomic E-state index is 4.44. The summed E-state index contributed by atoms with van der Waals surface area (Å²) in [5.74, 6) is 2.47. The third kappa shape index (κ3) is 2.17. The molecule has 2 saturated carbocycles. The number of hydrogen-bond donors (Lipinski definition) is 1. The van der Waals surface area contributed by atoms with Crippen molar-refractivity contribution in [3.8, 4) is 0 Å². The van der Waals surface area contributed by atoms with Crippen molar-refractivity contribution < 1.29 is 0 Å². The minimum atomic E-state index is 0.635. The van der Waals surface area contributed by atoms with Gasteiger partial charge in [-0.1, -0.05) is 6.92 Å². The van der Waals surface area contributed by atoms with E-state index in [2.05, 4.69) is 22.2 Å². The van der Waals surface area contributed by atoms with Crippen LogP contribution in [0.15, 0.2) is 12.4 Å². The average molecular weight is 203 g/mol. The van der Waals surface area contributed by atoms with Gasteiger partial charge < -0.3 is 5.32 Å².